The van der Waals surface area contributed by atoms with E-state index in [0.717, 1.165) is 60.0 Å². The number of carbonyl (C=O) groups excluding carboxylic acids is 3. The van der Waals surface area contributed by atoms with Crippen LogP contribution in [0.3, 0.4) is 0 Å². The number of para-hydroxylation sites is 1. The Bertz CT molecular complexity index is 2030. The van der Waals surface area contributed by atoms with E-state index in [2.05, 4.69) is 40.0 Å². The Morgan fingerprint density at radius 2 is 1.89 bits per heavy atom. The molecule has 0 aliphatic carbocycles. The van der Waals surface area contributed by atoms with Crippen molar-refractivity contribution in [3.8, 4) is 17.3 Å². The predicted octanol–water partition coefficient (Wildman–Crippen LogP) is 5.59. The molecule has 2 aromatic heterocycles. The zero-order valence-corrected chi connectivity index (χ0v) is 30.9. The number of esters is 1. The summed E-state index contributed by atoms with van der Waals surface area (Å²) in [5, 5.41) is 20.2. The highest BCUT2D eigenvalue weighted by molar-refractivity contribution is 5.90. The molecular weight excluding hydrogens is 678 g/mol. The molecule has 13 heteroatoms. The van der Waals surface area contributed by atoms with Crippen molar-refractivity contribution in [1.82, 2.24) is 20.6 Å². The highest BCUT2D eigenvalue weighted by Gasteiger charge is 2.61. The maximum absolute atomic E-state index is 14.1. The van der Waals surface area contributed by atoms with E-state index >= 15 is 0 Å². The molecule has 0 radical (unpaired) electrons. The molecular formula is C40H47N5O8. The number of nitrogens with zero attached hydrogens (tertiary/aromatic N) is 2. The standard InChI is InChI=1S/C40H47N5O8/c1-7-8-9-10-12-23-13-11-14-24-30(23)45-39-40(24)25-17-22(15-16-28(25)52-39)18-26(41-35(48)32(46)21(4)5)34(47)43-29(20(2)3)37-44-31(33(40)53-37)36-42-27(19-51-36)38(49)50-6/h11,13-17,19-21,26,29,32,39,45-46H,7-10,12,18H2,1-6H3,(H,41,48)(H,43,47)/t26-,29-,32-,39-,40?/m0/s1. The van der Waals surface area contributed by atoms with Crippen LogP contribution in [-0.2, 0) is 32.6 Å². The Kier molecular flexibility index (Phi) is 9.79. The zero-order valence-electron chi connectivity index (χ0n) is 30.9. The number of anilines is 1. The number of rotatable bonds is 11. The molecule has 1 spiro atoms. The van der Waals surface area contributed by atoms with E-state index in [0.29, 0.717) is 11.5 Å². The van der Waals surface area contributed by atoms with Crippen molar-refractivity contribution in [2.24, 2.45) is 11.8 Å². The molecule has 2 aromatic carbocycles. The van der Waals surface area contributed by atoms with E-state index in [1.54, 1.807) is 13.8 Å². The van der Waals surface area contributed by atoms with Crippen LogP contribution in [0.25, 0.3) is 11.6 Å². The smallest absolute Gasteiger partial charge is 0.360 e. The third-order valence-corrected chi connectivity index (χ3v) is 10.6. The molecule has 13 nitrogen and oxygen atoms in total. The number of nitrogens with one attached hydrogen (secondary N) is 3. The molecule has 3 aliphatic heterocycles. The van der Waals surface area contributed by atoms with Gasteiger partial charge in [-0.3, -0.25) is 9.59 Å². The van der Waals surface area contributed by atoms with Gasteiger partial charge in [-0.1, -0.05) is 84.2 Å². The maximum atomic E-state index is 14.1. The topological polar surface area (TPSA) is 178 Å². The molecule has 2 amide bonds. The summed E-state index contributed by atoms with van der Waals surface area (Å²) < 4.78 is 24.5. The van der Waals surface area contributed by atoms with Crippen LogP contribution >= 0.6 is 0 Å². The van der Waals surface area contributed by atoms with E-state index < -0.39 is 47.6 Å². The van der Waals surface area contributed by atoms with E-state index in [1.807, 2.05) is 38.1 Å². The van der Waals surface area contributed by atoms with Gasteiger partial charge in [0.2, 0.25) is 23.6 Å². The summed E-state index contributed by atoms with van der Waals surface area (Å²) in [5.41, 5.74) is 3.64. The van der Waals surface area contributed by atoms with Crippen molar-refractivity contribution in [2.45, 2.75) is 103 Å². The van der Waals surface area contributed by atoms with Crippen molar-refractivity contribution in [1.29, 1.82) is 0 Å². The van der Waals surface area contributed by atoms with Crippen molar-refractivity contribution in [3.63, 3.8) is 0 Å². The lowest BCUT2D eigenvalue weighted by atomic mass is 9.72. The van der Waals surface area contributed by atoms with Gasteiger partial charge in [0.25, 0.3) is 0 Å². The Labute approximate surface area is 308 Å². The monoisotopic (exact) mass is 725 g/mol. The fourth-order valence-electron chi connectivity index (χ4n) is 7.68. The number of amides is 2. The molecule has 280 valence electrons. The summed E-state index contributed by atoms with van der Waals surface area (Å²) in [6, 6.07) is 10.2. The van der Waals surface area contributed by atoms with Crippen molar-refractivity contribution in [2.75, 3.05) is 12.4 Å². The number of fused-ring (bicyclic) bond motifs is 4. The van der Waals surface area contributed by atoms with Gasteiger partial charge in [0.05, 0.1) is 7.11 Å². The van der Waals surface area contributed by atoms with Crippen LogP contribution in [0.1, 0.15) is 111 Å². The minimum atomic E-state index is -1.30. The number of ether oxygens (including phenoxy) is 2. The van der Waals surface area contributed by atoms with Crippen LogP contribution in [0.5, 0.6) is 5.75 Å². The Morgan fingerprint density at radius 1 is 1.08 bits per heavy atom. The second-order valence-corrected chi connectivity index (χ2v) is 14.9. The number of unbranched alkanes of at least 4 members (excludes halogenated alkanes) is 3. The SMILES string of the molecule is CCCCCCc1cccc2c1N[C@H]1Oc3ccc4cc3C21c1oc(nc1-c1nc(C(=O)OC)co1)[C@H](C(C)C)NC(=O)[C@@H](NC(=O)[C@@H](O)C(C)C)C4. The van der Waals surface area contributed by atoms with Gasteiger partial charge in [-0.05, 0) is 47.4 Å². The number of hydrogen-bond donors (Lipinski definition) is 4. The Hall–Kier alpha value is -5.17. The van der Waals surface area contributed by atoms with Crippen LogP contribution in [0.4, 0.5) is 5.69 Å². The van der Waals surface area contributed by atoms with E-state index in [1.165, 1.54) is 13.4 Å². The summed E-state index contributed by atoms with van der Waals surface area (Å²) in [7, 11) is 1.27. The van der Waals surface area contributed by atoms with Gasteiger partial charge < -0.3 is 39.4 Å². The average Bonchev–Trinajstić information content (AvgIpc) is 3.92. The normalized spacial score (nSPS) is 21.8. The number of oxazole rings is 2. The molecule has 4 bridgehead atoms. The van der Waals surface area contributed by atoms with E-state index in [4.69, 9.17) is 23.3 Å². The first kappa shape index (κ1) is 36.2. The fourth-order valence-corrected chi connectivity index (χ4v) is 7.68. The molecule has 4 N–H and O–H groups in total. The summed E-state index contributed by atoms with van der Waals surface area (Å²) in [6.07, 6.45) is 4.71. The van der Waals surface area contributed by atoms with E-state index in [-0.39, 0.29) is 41.4 Å². The van der Waals surface area contributed by atoms with Crippen molar-refractivity contribution < 1.29 is 37.8 Å². The van der Waals surface area contributed by atoms with Gasteiger partial charge in [0.15, 0.2) is 23.4 Å². The van der Waals surface area contributed by atoms with Crippen molar-refractivity contribution in [3.05, 3.63) is 82.3 Å². The molecule has 4 aromatic rings. The van der Waals surface area contributed by atoms with Gasteiger partial charge >= 0.3 is 5.97 Å². The zero-order chi connectivity index (χ0) is 37.6. The molecule has 5 atom stereocenters. The number of aliphatic hydroxyl groups is 1. The second-order valence-electron chi connectivity index (χ2n) is 14.9. The lowest BCUT2D eigenvalue weighted by Crippen LogP contribution is -2.52. The average molecular weight is 726 g/mol. The highest BCUT2D eigenvalue weighted by Crippen LogP contribution is 2.60. The quantitative estimate of drug-likeness (QED) is 0.112. The second kappa shape index (κ2) is 14.3. The first-order chi connectivity index (χ1) is 25.5. The van der Waals surface area contributed by atoms with Crippen LogP contribution in [-0.4, -0.2) is 58.3 Å². The number of benzene rings is 2. The van der Waals surface area contributed by atoms with Gasteiger partial charge in [0.1, 0.15) is 35.6 Å². The predicted molar refractivity (Wildman–Crippen MR) is 194 cm³/mol. The number of aromatic nitrogens is 2. The number of methoxy groups -OCH3 is 1. The van der Waals surface area contributed by atoms with Crippen LogP contribution < -0.4 is 20.7 Å². The summed E-state index contributed by atoms with van der Waals surface area (Å²) in [4.78, 5) is 49.3. The third-order valence-electron chi connectivity index (χ3n) is 10.6. The molecule has 3 aliphatic rings. The molecule has 0 fully saturated rings. The summed E-state index contributed by atoms with van der Waals surface area (Å²) in [5.74, 6) is -1.15. The maximum Gasteiger partial charge on any atom is 0.360 e. The summed E-state index contributed by atoms with van der Waals surface area (Å²) in [6.45, 7) is 9.52. The first-order valence-corrected chi connectivity index (χ1v) is 18.5. The minimum Gasteiger partial charge on any atom is -0.469 e. The summed E-state index contributed by atoms with van der Waals surface area (Å²) >= 11 is 0. The number of aryl methyl sites for hydroxylation is 1. The molecule has 7 rings (SSSR count). The highest BCUT2D eigenvalue weighted by atomic mass is 16.5. The molecule has 0 saturated carbocycles. The van der Waals surface area contributed by atoms with Crippen LogP contribution in [0.2, 0.25) is 0 Å². The lowest BCUT2D eigenvalue weighted by molar-refractivity contribution is -0.135. The molecule has 0 saturated heterocycles. The first-order valence-electron chi connectivity index (χ1n) is 18.5. The number of aliphatic hydroxyl groups excluding tert-OH is 1. The van der Waals surface area contributed by atoms with Gasteiger partial charge in [-0.15, -0.1) is 0 Å². The number of hydrogen-bond acceptors (Lipinski definition) is 11. The van der Waals surface area contributed by atoms with Crippen LogP contribution in [0.15, 0.2) is 51.5 Å². The Morgan fingerprint density at radius 3 is 2.62 bits per heavy atom. The van der Waals surface area contributed by atoms with E-state index in [9.17, 15) is 19.5 Å². The molecule has 53 heavy (non-hydrogen) atoms. The largest absolute Gasteiger partial charge is 0.469 e. The molecule has 5 heterocycles. The van der Waals surface area contributed by atoms with Gasteiger partial charge in [-0.25, -0.2) is 14.8 Å². The third kappa shape index (κ3) is 6.24. The lowest BCUT2D eigenvalue weighted by Gasteiger charge is -2.29. The Balaban J connectivity index is 1.46. The van der Waals surface area contributed by atoms with Crippen LogP contribution in [0, 0.1) is 11.8 Å². The van der Waals surface area contributed by atoms with Gasteiger partial charge in [-0.2, -0.15) is 0 Å². The number of carbonyl (C=O) groups is 3. The minimum absolute atomic E-state index is 0.0359. The fraction of sp³-hybridized carbons (Fsp3) is 0.475. The van der Waals surface area contributed by atoms with Gasteiger partial charge in [0, 0.05) is 17.7 Å². The van der Waals surface area contributed by atoms with Crippen molar-refractivity contribution >= 4 is 23.5 Å². The molecule has 1 unspecified atom stereocenters.